The van der Waals surface area contributed by atoms with Gasteiger partial charge in [-0.25, -0.2) is 14.6 Å². The standard InChI is InChI=1S/C29H29N3O4/c1-21(2)14-15-25-16-24-18-30-27(17-26(24)31(25)3)32(28(33)35-19-22-10-6-4-7-11-22)29(34)36-20-23-12-8-5-9-13-23/h4-18,21H,19-20H2,1-3H3/b15-14+. The number of amides is 2. The van der Waals surface area contributed by atoms with Crippen LogP contribution in [0.25, 0.3) is 17.0 Å². The topological polar surface area (TPSA) is 73.7 Å². The monoisotopic (exact) mass is 483 g/mol. The SMILES string of the molecule is CC(C)/C=C/c1cc2cnc(N(C(=O)OCc3ccccc3)C(=O)OCc3ccccc3)cc2n1C. The maximum Gasteiger partial charge on any atom is 0.425 e. The molecule has 0 spiro atoms. The number of aryl methyl sites for hydroxylation is 1. The van der Waals surface area contributed by atoms with Crippen molar-refractivity contribution in [3.8, 4) is 0 Å². The zero-order chi connectivity index (χ0) is 25.5. The second kappa shape index (κ2) is 11.4. The maximum absolute atomic E-state index is 13.1. The summed E-state index contributed by atoms with van der Waals surface area (Å²) in [6, 6.07) is 22.2. The number of ether oxygens (including phenoxy) is 2. The van der Waals surface area contributed by atoms with E-state index in [1.54, 1.807) is 12.3 Å². The lowest BCUT2D eigenvalue weighted by Crippen LogP contribution is -2.38. The molecule has 0 atom stereocenters. The van der Waals surface area contributed by atoms with Gasteiger partial charge in [0.05, 0.1) is 5.52 Å². The fourth-order valence-corrected chi connectivity index (χ4v) is 3.64. The molecule has 0 aliphatic rings. The minimum Gasteiger partial charge on any atom is -0.444 e. The van der Waals surface area contributed by atoms with Crippen molar-refractivity contribution >= 4 is 35.0 Å². The summed E-state index contributed by atoms with van der Waals surface area (Å²) in [7, 11) is 1.93. The van der Waals surface area contributed by atoms with Crippen LogP contribution in [0.1, 0.15) is 30.7 Å². The predicted octanol–water partition coefficient (Wildman–Crippen LogP) is 6.72. The summed E-state index contributed by atoms with van der Waals surface area (Å²) in [5.41, 5.74) is 3.41. The summed E-state index contributed by atoms with van der Waals surface area (Å²) in [6.07, 6.45) is 4.07. The van der Waals surface area contributed by atoms with Gasteiger partial charge in [0.2, 0.25) is 0 Å². The fraction of sp³-hybridized carbons (Fsp3) is 0.207. The molecular weight excluding hydrogens is 454 g/mol. The average Bonchev–Trinajstić information content (AvgIpc) is 3.21. The lowest BCUT2D eigenvalue weighted by Gasteiger charge is -2.19. The minimum absolute atomic E-state index is 0.0126. The largest absolute Gasteiger partial charge is 0.444 e. The third-order valence-corrected chi connectivity index (χ3v) is 5.61. The van der Waals surface area contributed by atoms with Crippen molar-refractivity contribution in [1.82, 2.24) is 9.55 Å². The number of imide groups is 1. The minimum atomic E-state index is -0.863. The summed E-state index contributed by atoms with van der Waals surface area (Å²) in [5.74, 6) is 0.533. The number of carbonyl (C=O) groups is 2. The molecule has 0 N–H and O–H groups in total. The Kier molecular flexibility index (Phi) is 7.80. The van der Waals surface area contributed by atoms with Gasteiger partial charge in [0.15, 0.2) is 5.82 Å². The smallest absolute Gasteiger partial charge is 0.425 e. The third kappa shape index (κ3) is 5.99. The van der Waals surface area contributed by atoms with E-state index in [1.165, 1.54) is 0 Å². The van der Waals surface area contributed by atoms with Crippen LogP contribution < -0.4 is 4.90 Å². The second-order valence-corrected chi connectivity index (χ2v) is 8.75. The Morgan fingerprint density at radius 1 is 0.917 bits per heavy atom. The van der Waals surface area contributed by atoms with E-state index < -0.39 is 12.2 Å². The zero-order valence-corrected chi connectivity index (χ0v) is 20.6. The van der Waals surface area contributed by atoms with Crippen LogP contribution in [0.5, 0.6) is 0 Å². The number of hydrogen-bond acceptors (Lipinski definition) is 5. The number of carbonyl (C=O) groups excluding carboxylic acids is 2. The Morgan fingerprint density at radius 2 is 1.47 bits per heavy atom. The van der Waals surface area contributed by atoms with Gasteiger partial charge >= 0.3 is 12.2 Å². The Labute approximate surface area is 210 Å². The van der Waals surface area contributed by atoms with E-state index in [0.29, 0.717) is 5.92 Å². The molecule has 36 heavy (non-hydrogen) atoms. The highest BCUT2D eigenvalue weighted by molar-refractivity contribution is 6.09. The van der Waals surface area contributed by atoms with E-state index in [1.807, 2.05) is 84.4 Å². The number of rotatable bonds is 7. The molecule has 7 heteroatoms. The van der Waals surface area contributed by atoms with Gasteiger partial charge in [-0.15, -0.1) is 0 Å². The predicted molar refractivity (Wildman–Crippen MR) is 140 cm³/mol. The zero-order valence-electron chi connectivity index (χ0n) is 20.6. The van der Waals surface area contributed by atoms with Crippen molar-refractivity contribution < 1.29 is 19.1 Å². The fourth-order valence-electron chi connectivity index (χ4n) is 3.64. The van der Waals surface area contributed by atoms with Gasteiger partial charge in [0.25, 0.3) is 0 Å². The van der Waals surface area contributed by atoms with E-state index in [2.05, 4.69) is 24.9 Å². The van der Waals surface area contributed by atoms with Crippen LogP contribution in [-0.2, 0) is 29.7 Å². The molecule has 0 aliphatic heterocycles. The van der Waals surface area contributed by atoms with Gasteiger partial charge in [0.1, 0.15) is 13.2 Å². The van der Waals surface area contributed by atoms with Gasteiger partial charge in [0, 0.05) is 30.4 Å². The highest BCUT2D eigenvalue weighted by Crippen LogP contribution is 2.25. The van der Waals surface area contributed by atoms with Crippen LogP contribution in [-0.4, -0.2) is 21.7 Å². The quantitative estimate of drug-likeness (QED) is 0.292. The molecule has 0 bridgehead atoms. The second-order valence-electron chi connectivity index (χ2n) is 8.75. The van der Waals surface area contributed by atoms with Gasteiger partial charge in [-0.2, -0.15) is 4.90 Å². The molecule has 2 heterocycles. The van der Waals surface area contributed by atoms with Crippen LogP contribution in [0.4, 0.5) is 15.4 Å². The number of nitrogens with zero attached hydrogens (tertiary/aromatic N) is 3. The lowest BCUT2D eigenvalue weighted by molar-refractivity contribution is 0.127. The van der Waals surface area contributed by atoms with E-state index >= 15 is 0 Å². The van der Waals surface area contributed by atoms with Crippen LogP contribution in [0.15, 0.2) is 85.1 Å². The van der Waals surface area contributed by atoms with Crippen molar-refractivity contribution in [3.05, 3.63) is 102 Å². The van der Waals surface area contributed by atoms with Crippen molar-refractivity contribution in [3.63, 3.8) is 0 Å². The van der Waals surface area contributed by atoms with Crippen molar-refractivity contribution in [2.24, 2.45) is 13.0 Å². The normalized spacial score (nSPS) is 11.2. The van der Waals surface area contributed by atoms with Crippen molar-refractivity contribution in [2.75, 3.05) is 4.90 Å². The van der Waals surface area contributed by atoms with E-state index in [-0.39, 0.29) is 19.0 Å². The van der Waals surface area contributed by atoms with Gasteiger partial charge < -0.3 is 14.0 Å². The molecule has 4 rings (SSSR count). The Bertz CT molecular complexity index is 1310. The number of allylic oxidation sites excluding steroid dienone is 1. The summed E-state index contributed by atoms with van der Waals surface area (Å²) in [6.45, 7) is 4.25. The Balaban J connectivity index is 1.62. The first-order chi connectivity index (χ1) is 17.4. The summed E-state index contributed by atoms with van der Waals surface area (Å²) < 4.78 is 12.9. The molecule has 0 saturated heterocycles. The molecule has 4 aromatic rings. The number of anilines is 1. The molecule has 2 amide bonds. The molecule has 184 valence electrons. The summed E-state index contributed by atoms with van der Waals surface area (Å²) in [4.78, 5) is 31.5. The molecule has 2 aromatic carbocycles. The Morgan fingerprint density at radius 3 is 2.00 bits per heavy atom. The number of aromatic nitrogens is 2. The third-order valence-electron chi connectivity index (χ3n) is 5.61. The molecule has 7 nitrogen and oxygen atoms in total. The number of fused-ring (bicyclic) bond motifs is 1. The van der Waals surface area contributed by atoms with Gasteiger partial charge in [-0.05, 0) is 29.2 Å². The molecule has 2 aromatic heterocycles. The molecule has 0 unspecified atom stereocenters. The highest BCUT2D eigenvalue weighted by atomic mass is 16.6. The van der Waals surface area contributed by atoms with Crippen LogP contribution >= 0.6 is 0 Å². The molecular formula is C29H29N3O4. The number of hydrogen-bond donors (Lipinski definition) is 0. The van der Waals surface area contributed by atoms with Crippen LogP contribution in [0.3, 0.4) is 0 Å². The van der Waals surface area contributed by atoms with E-state index in [4.69, 9.17) is 9.47 Å². The van der Waals surface area contributed by atoms with Crippen LogP contribution in [0.2, 0.25) is 0 Å². The summed E-state index contributed by atoms with van der Waals surface area (Å²) >= 11 is 0. The first kappa shape index (κ1) is 24.7. The van der Waals surface area contributed by atoms with E-state index in [0.717, 1.165) is 32.6 Å². The molecule has 0 fully saturated rings. The maximum atomic E-state index is 13.1. The molecule has 0 radical (unpaired) electrons. The Hall–Kier alpha value is -4.39. The van der Waals surface area contributed by atoms with Gasteiger partial charge in [-0.3, -0.25) is 0 Å². The molecule has 0 aliphatic carbocycles. The molecule has 0 saturated carbocycles. The van der Waals surface area contributed by atoms with Crippen molar-refractivity contribution in [2.45, 2.75) is 27.1 Å². The number of benzene rings is 2. The van der Waals surface area contributed by atoms with Gasteiger partial charge in [-0.1, -0.05) is 80.6 Å². The summed E-state index contributed by atoms with van der Waals surface area (Å²) in [5, 5.41) is 0.889. The average molecular weight is 484 g/mol. The highest BCUT2D eigenvalue weighted by Gasteiger charge is 2.29. The first-order valence-corrected chi connectivity index (χ1v) is 11.8. The van der Waals surface area contributed by atoms with Crippen LogP contribution in [0, 0.1) is 5.92 Å². The van der Waals surface area contributed by atoms with E-state index in [9.17, 15) is 9.59 Å². The van der Waals surface area contributed by atoms with Crippen molar-refractivity contribution in [1.29, 1.82) is 0 Å². The lowest BCUT2D eigenvalue weighted by atomic mass is 10.2. The number of pyridine rings is 1. The first-order valence-electron chi connectivity index (χ1n) is 11.8.